The third-order valence-corrected chi connectivity index (χ3v) is 3.85. The minimum absolute atomic E-state index is 0.563. The molecule has 0 amide bonds. The molecule has 0 saturated heterocycles. The van der Waals surface area contributed by atoms with Gasteiger partial charge in [-0.2, -0.15) is 0 Å². The van der Waals surface area contributed by atoms with Crippen LogP contribution in [-0.4, -0.2) is 13.7 Å². The van der Waals surface area contributed by atoms with E-state index in [1.165, 1.54) is 5.56 Å². The zero-order chi connectivity index (χ0) is 14.4. The van der Waals surface area contributed by atoms with Crippen molar-refractivity contribution in [1.29, 1.82) is 0 Å². The zero-order valence-electron chi connectivity index (χ0n) is 11.2. The zero-order valence-corrected chi connectivity index (χ0v) is 13.6. The van der Waals surface area contributed by atoms with Crippen LogP contribution in [0, 0.1) is 0 Å². The van der Waals surface area contributed by atoms with Crippen molar-refractivity contribution in [2.24, 2.45) is 0 Å². The van der Waals surface area contributed by atoms with Gasteiger partial charge in [-0.15, -0.1) is 0 Å². The van der Waals surface area contributed by atoms with E-state index in [0.29, 0.717) is 23.1 Å². The van der Waals surface area contributed by atoms with Gasteiger partial charge in [0.25, 0.3) is 0 Å². The highest BCUT2D eigenvalue weighted by atomic mass is 79.9. The number of hydrogen-bond acceptors (Lipinski definition) is 2. The van der Waals surface area contributed by atoms with E-state index in [1.807, 2.05) is 30.3 Å². The molecule has 0 fully saturated rings. The summed E-state index contributed by atoms with van der Waals surface area (Å²) in [7, 11) is 1.62. The molecule has 0 unspecified atom stereocenters. The summed E-state index contributed by atoms with van der Waals surface area (Å²) in [5.41, 5.74) is 2.29. The van der Waals surface area contributed by atoms with Gasteiger partial charge in [-0.05, 0) is 23.3 Å². The average molecular weight is 356 g/mol. The number of rotatable bonds is 6. The summed E-state index contributed by atoms with van der Waals surface area (Å²) in [6.45, 7) is 0.563. The molecule has 0 N–H and O–H groups in total. The maximum Gasteiger partial charge on any atom is 0.179 e. The fourth-order valence-electron chi connectivity index (χ4n) is 1.91. The first-order valence-electron chi connectivity index (χ1n) is 6.33. The predicted octanol–water partition coefficient (Wildman–Crippen LogP) is 4.87. The first-order chi connectivity index (χ1) is 9.74. The molecule has 0 aliphatic rings. The highest BCUT2D eigenvalue weighted by Crippen LogP contribution is 2.37. The van der Waals surface area contributed by atoms with Crippen molar-refractivity contribution in [3.63, 3.8) is 0 Å². The number of benzene rings is 2. The van der Waals surface area contributed by atoms with Gasteiger partial charge in [0.1, 0.15) is 0 Å². The Balaban J connectivity index is 2.05. The molecule has 0 atom stereocenters. The van der Waals surface area contributed by atoms with Gasteiger partial charge in [0.15, 0.2) is 11.5 Å². The standard InChI is InChI=1S/C16H16BrClO2/c1-19-15-10-13(11-17)9-14(18)16(15)20-8-7-12-5-3-2-4-6-12/h2-6,9-10H,7-8,11H2,1H3. The highest BCUT2D eigenvalue weighted by Gasteiger charge is 2.11. The van der Waals surface area contributed by atoms with Crippen molar-refractivity contribution in [2.75, 3.05) is 13.7 Å². The van der Waals surface area contributed by atoms with Crippen LogP contribution in [0.25, 0.3) is 0 Å². The summed E-state index contributed by atoms with van der Waals surface area (Å²) < 4.78 is 11.1. The molecular formula is C16H16BrClO2. The molecule has 2 aromatic rings. The van der Waals surface area contributed by atoms with Gasteiger partial charge in [0, 0.05) is 11.8 Å². The molecule has 0 radical (unpaired) electrons. The normalized spacial score (nSPS) is 10.3. The highest BCUT2D eigenvalue weighted by molar-refractivity contribution is 9.08. The first kappa shape index (κ1) is 15.2. The van der Waals surface area contributed by atoms with Crippen LogP contribution in [0.1, 0.15) is 11.1 Å². The Morgan fingerprint density at radius 1 is 1.10 bits per heavy atom. The molecule has 2 nitrogen and oxygen atoms in total. The fourth-order valence-corrected chi connectivity index (χ4v) is 2.52. The second-order valence-corrected chi connectivity index (χ2v) is 5.29. The SMILES string of the molecule is COc1cc(CBr)cc(Cl)c1OCCc1ccccc1. The summed E-state index contributed by atoms with van der Waals surface area (Å²) in [5.74, 6) is 1.27. The van der Waals surface area contributed by atoms with E-state index in [-0.39, 0.29) is 0 Å². The summed E-state index contributed by atoms with van der Waals surface area (Å²) in [6.07, 6.45) is 0.834. The van der Waals surface area contributed by atoms with Gasteiger partial charge in [-0.3, -0.25) is 0 Å². The van der Waals surface area contributed by atoms with Gasteiger partial charge in [-0.25, -0.2) is 0 Å². The van der Waals surface area contributed by atoms with Gasteiger partial charge >= 0.3 is 0 Å². The molecule has 20 heavy (non-hydrogen) atoms. The largest absolute Gasteiger partial charge is 0.493 e. The molecule has 0 bridgehead atoms. The second kappa shape index (κ2) is 7.55. The minimum Gasteiger partial charge on any atom is -0.493 e. The van der Waals surface area contributed by atoms with Gasteiger partial charge in [-0.1, -0.05) is 57.9 Å². The first-order valence-corrected chi connectivity index (χ1v) is 7.83. The molecule has 0 heterocycles. The van der Waals surface area contributed by atoms with E-state index in [4.69, 9.17) is 21.1 Å². The number of halogens is 2. The van der Waals surface area contributed by atoms with Crippen LogP contribution in [0.3, 0.4) is 0 Å². The summed E-state index contributed by atoms with van der Waals surface area (Å²) in [6, 6.07) is 14.0. The Morgan fingerprint density at radius 2 is 1.85 bits per heavy atom. The summed E-state index contributed by atoms with van der Waals surface area (Å²) in [5, 5.41) is 1.31. The second-order valence-electron chi connectivity index (χ2n) is 4.33. The molecule has 4 heteroatoms. The van der Waals surface area contributed by atoms with Crippen molar-refractivity contribution >= 4 is 27.5 Å². The van der Waals surface area contributed by atoms with Gasteiger partial charge in [0.05, 0.1) is 18.7 Å². The lowest BCUT2D eigenvalue weighted by Gasteiger charge is -2.13. The molecule has 0 aliphatic heterocycles. The lowest BCUT2D eigenvalue weighted by molar-refractivity contribution is 0.297. The number of hydrogen-bond donors (Lipinski definition) is 0. The van der Waals surface area contributed by atoms with Crippen molar-refractivity contribution < 1.29 is 9.47 Å². The molecule has 0 aliphatic carbocycles. The molecule has 0 spiro atoms. The predicted molar refractivity (Wildman–Crippen MR) is 86.3 cm³/mol. The Labute approximate surface area is 132 Å². The molecular weight excluding hydrogens is 340 g/mol. The molecule has 2 aromatic carbocycles. The van der Waals surface area contributed by atoms with E-state index >= 15 is 0 Å². The Morgan fingerprint density at radius 3 is 2.50 bits per heavy atom. The number of alkyl halides is 1. The molecule has 2 rings (SSSR count). The van der Waals surface area contributed by atoms with Crippen LogP contribution in [0.2, 0.25) is 5.02 Å². The van der Waals surface area contributed by atoms with Crippen molar-refractivity contribution in [1.82, 2.24) is 0 Å². The average Bonchev–Trinajstić information content (AvgIpc) is 2.49. The van der Waals surface area contributed by atoms with E-state index < -0.39 is 0 Å². The van der Waals surface area contributed by atoms with E-state index in [9.17, 15) is 0 Å². The minimum atomic E-state index is 0.563. The lowest BCUT2D eigenvalue weighted by Crippen LogP contribution is -2.03. The van der Waals surface area contributed by atoms with Gasteiger partial charge < -0.3 is 9.47 Å². The van der Waals surface area contributed by atoms with Crippen LogP contribution in [0.4, 0.5) is 0 Å². The van der Waals surface area contributed by atoms with Crippen LogP contribution in [-0.2, 0) is 11.8 Å². The third kappa shape index (κ3) is 3.90. The quantitative estimate of drug-likeness (QED) is 0.689. The molecule has 0 saturated carbocycles. The Hall–Kier alpha value is -1.19. The Bertz CT molecular complexity index is 558. The van der Waals surface area contributed by atoms with Gasteiger partial charge in [0.2, 0.25) is 0 Å². The third-order valence-electron chi connectivity index (χ3n) is 2.92. The number of methoxy groups -OCH3 is 1. The summed E-state index contributed by atoms with van der Waals surface area (Å²) >= 11 is 9.66. The monoisotopic (exact) mass is 354 g/mol. The van der Waals surface area contributed by atoms with E-state index in [2.05, 4.69) is 28.1 Å². The molecule has 0 aromatic heterocycles. The van der Waals surface area contributed by atoms with Crippen LogP contribution >= 0.6 is 27.5 Å². The Kier molecular flexibility index (Phi) is 5.74. The molecule has 106 valence electrons. The lowest BCUT2D eigenvalue weighted by atomic mass is 10.2. The fraction of sp³-hybridized carbons (Fsp3) is 0.250. The van der Waals surface area contributed by atoms with E-state index in [0.717, 1.165) is 17.3 Å². The van der Waals surface area contributed by atoms with Crippen LogP contribution in [0.5, 0.6) is 11.5 Å². The van der Waals surface area contributed by atoms with E-state index in [1.54, 1.807) is 7.11 Å². The van der Waals surface area contributed by atoms with Crippen molar-refractivity contribution in [2.45, 2.75) is 11.8 Å². The number of ether oxygens (including phenoxy) is 2. The van der Waals surface area contributed by atoms with Crippen molar-refractivity contribution in [3.8, 4) is 11.5 Å². The van der Waals surface area contributed by atoms with Crippen LogP contribution in [0.15, 0.2) is 42.5 Å². The van der Waals surface area contributed by atoms with Crippen LogP contribution < -0.4 is 9.47 Å². The maximum absolute atomic E-state index is 6.25. The maximum atomic E-state index is 6.25. The topological polar surface area (TPSA) is 18.5 Å². The summed E-state index contributed by atoms with van der Waals surface area (Å²) in [4.78, 5) is 0. The van der Waals surface area contributed by atoms with Crippen molar-refractivity contribution in [3.05, 3.63) is 58.6 Å². The smallest absolute Gasteiger partial charge is 0.179 e.